The van der Waals surface area contributed by atoms with Crippen molar-refractivity contribution in [3.63, 3.8) is 0 Å². The molecule has 0 radical (unpaired) electrons. The molecule has 0 fully saturated rings. The average Bonchev–Trinajstić information content (AvgIpc) is 2.19. The molecule has 0 saturated carbocycles. The van der Waals surface area contributed by atoms with Crippen LogP contribution in [0.5, 0.6) is 5.75 Å². The minimum absolute atomic E-state index is 0.158. The van der Waals surface area contributed by atoms with Crippen LogP contribution in [0.2, 0.25) is 0 Å². The molecule has 0 unspecified atom stereocenters. The summed E-state index contributed by atoms with van der Waals surface area (Å²) in [5, 5.41) is 9.96. The summed E-state index contributed by atoms with van der Waals surface area (Å²) in [5.41, 5.74) is 0. The predicted molar refractivity (Wildman–Crippen MR) is 64.8 cm³/mol. The van der Waals surface area contributed by atoms with Crippen molar-refractivity contribution in [3.05, 3.63) is 35.7 Å². The van der Waals surface area contributed by atoms with Crippen LogP contribution < -0.4 is 4.74 Å². The number of hydrogen-bond acceptors (Lipinski definition) is 3. The number of rotatable bonds is 5. The Kier molecular flexibility index (Phi) is 4.92. The molecule has 0 amide bonds. The fraction of sp³-hybridized carbons (Fsp3) is 0.250. The third kappa shape index (κ3) is 4.89. The number of benzene rings is 1. The van der Waals surface area contributed by atoms with Crippen LogP contribution in [-0.4, -0.2) is 17.2 Å². The summed E-state index contributed by atoms with van der Waals surface area (Å²) in [6, 6.07) is 7.54. The van der Waals surface area contributed by atoms with Crippen LogP contribution in [0.4, 0.5) is 0 Å². The summed E-state index contributed by atoms with van der Waals surface area (Å²) in [6.07, 6.45) is 1.27. The van der Waals surface area contributed by atoms with E-state index < -0.39 is 5.97 Å². The lowest BCUT2D eigenvalue weighted by Crippen LogP contribution is -2.04. The molecule has 1 aromatic rings. The first-order chi connectivity index (χ1) is 7.58. The van der Waals surface area contributed by atoms with Crippen LogP contribution in [0.15, 0.2) is 40.6 Å². The largest absolute Gasteiger partial charge is 0.491 e. The van der Waals surface area contributed by atoms with Gasteiger partial charge in [0, 0.05) is 11.0 Å². The van der Waals surface area contributed by atoms with Crippen LogP contribution in [0, 0.1) is 0 Å². The van der Waals surface area contributed by atoms with E-state index in [1.54, 1.807) is 5.41 Å². The van der Waals surface area contributed by atoms with E-state index in [1.807, 2.05) is 38.1 Å². The Labute approximate surface area is 99.1 Å². The van der Waals surface area contributed by atoms with Gasteiger partial charge < -0.3 is 9.84 Å². The number of carbonyl (C=O) groups is 1. The Morgan fingerprint density at radius 1 is 1.38 bits per heavy atom. The number of carboxylic acid groups (broad SMARTS) is 1. The Morgan fingerprint density at radius 2 is 2.00 bits per heavy atom. The smallest absolute Gasteiger partial charge is 0.328 e. The van der Waals surface area contributed by atoms with E-state index in [0.717, 1.165) is 16.7 Å². The van der Waals surface area contributed by atoms with E-state index in [0.29, 0.717) is 0 Å². The molecule has 1 rings (SSSR count). The van der Waals surface area contributed by atoms with Crippen molar-refractivity contribution in [2.75, 3.05) is 0 Å². The molecule has 0 aliphatic carbocycles. The van der Waals surface area contributed by atoms with Crippen LogP contribution in [-0.2, 0) is 4.79 Å². The molecule has 1 N–H and O–H groups in total. The first-order valence-electron chi connectivity index (χ1n) is 4.91. The highest BCUT2D eigenvalue weighted by atomic mass is 32.2. The molecule has 0 aliphatic heterocycles. The highest BCUT2D eigenvalue weighted by Crippen LogP contribution is 2.22. The monoisotopic (exact) mass is 238 g/mol. The van der Waals surface area contributed by atoms with Gasteiger partial charge in [0.25, 0.3) is 0 Å². The van der Waals surface area contributed by atoms with Gasteiger partial charge in [0.1, 0.15) is 5.75 Å². The van der Waals surface area contributed by atoms with E-state index in [2.05, 4.69) is 0 Å². The highest BCUT2D eigenvalue weighted by molar-refractivity contribution is 8.02. The Morgan fingerprint density at radius 3 is 2.50 bits per heavy atom. The van der Waals surface area contributed by atoms with Gasteiger partial charge in [-0.3, -0.25) is 0 Å². The minimum Gasteiger partial charge on any atom is -0.491 e. The summed E-state index contributed by atoms with van der Waals surface area (Å²) >= 11 is 1.36. The van der Waals surface area contributed by atoms with Gasteiger partial charge in [-0.1, -0.05) is 11.8 Å². The zero-order chi connectivity index (χ0) is 12.0. The number of thioether (sulfide) groups is 1. The van der Waals surface area contributed by atoms with Crippen molar-refractivity contribution in [1.82, 2.24) is 0 Å². The van der Waals surface area contributed by atoms with Crippen molar-refractivity contribution in [2.45, 2.75) is 24.8 Å². The fourth-order valence-electron chi connectivity index (χ4n) is 1.04. The maximum absolute atomic E-state index is 10.2. The normalized spacial score (nSPS) is 10.9. The Hall–Kier alpha value is -1.42. The fourth-order valence-corrected chi connectivity index (χ4v) is 1.67. The molecule has 4 heteroatoms. The summed E-state index contributed by atoms with van der Waals surface area (Å²) in [5.74, 6) is -0.117. The topological polar surface area (TPSA) is 46.5 Å². The van der Waals surface area contributed by atoms with E-state index in [1.165, 1.54) is 11.8 Å². The minimum atomic E-state index is -0.938. The first kappa shape index (κ1) is 12.6. The molecule has 0 bridgehead atoms. The third-order valence-corrected chi connectivity index (χ3v) is 2.43. The molecule has 86 valence electrons. The summed E-state index contributed by atoms with van der Waals surface area (Å²) in [6.45, 7) is 3.94. The Balaban J connectivity index is 2.54. The first-order valence-corrected chi connectivity index (χ1v) is 5.79. The standard InChI is InChI=1S/C12H14O3S/c1-9(2)15-10-3-5-11(6-4-10)16-8-7-12(13)14/h3-9H,1-2H3,(H,13,14)/b8-7+. The van der Waals surface area contributed by atoms with Crippen molar-refractivity contribution in [2.24, 2.45) is 0 Å². The molecule has 0 saturated heterocycles. The van der Waals surface area contributed by atoms with E-state index in [-0.39, 0.29) is 6.10 Å². The van der Waals surface area contributed by atoms with Gasteiger partial charge in [0.15, 0.2) is 0 Å². The van der Waals surface area contributed by atoms with Gasteiger partial charge in [-0.2, -0.15) is 0 Å². The van der Waals surface area contributed by atoms with Crippen LogP contribution >= 0.6 is 11.8 Å². The van der Waals surface area contributed by atoms with Crippen LogP contribution in [0.25, 0.3) is 0 Å². The van der Waals surface area contributed by atoms with Gasteiger partial charge in [0.05, 0.1) is 6.10 Å². The summed E-state index contributed by atoms with van der Waals surface area (Å²) in [4.78, 5) is 11.2. The number of carboxylic acids is 1. The van der Waals surface area contributed by atoms with E-state index in [4.69, 9.17) is 9.84 Å². The van der Waals surface area contributed by atoms with Crippen molar-refractivity contribution >= 4 is 17.7 Å². The summed E-state index contributed by atoms with van der Waals surface area (Å²) < 4.78 is 5.49. The SMILES string of the molecule is CC(C)Oc1ccc(S/C=C/C(=O)O)cc1. The molecule has 1 aromatic carbocycles. The lowest BCUT2D eigenvalue weighted by atomic mass is 10.3. The van der Waals surface area contributed by atoms with Crippen LogP contribution in [0.1, 0.15) is 13.8 Å². The van der Waals surface area contributed by atoms with Gasteiger partial charge in [-0.05, 0) is 43.5 Å². The lowest BCUT2D eigenvalue weighted by molar-refractivity contribution is -0.131. The Bertz CT molecular complexity index is 368. The number of hydrogen-bond donors (Lipinski definition) is 1. The molecule has 0 spiro atoms. The molecular weight excluding hydrogens is 224 g/mol. The zero-order valence-electron chi connectivity index (χ0n) is 9.21. The van der Waals surface area contributed by atoms with Gasteiger partial charge in [0.2, 0.25) is 0 Å². The van der Waals surface area contributed by atoms with E-state index in [9.17, 15) is 4.79 Å². The quantitative estimate of drug-likeness (QED) is 0.632. The molecule has 0 heterocycles. The predicted octanol–water partition coefficient (Wildman–Crippen LogP) is 3.16. The third-order valence-electron chi connectivity index (χ3n) is 1.61. The van der Waals surface area contributed by atoms with Gasteiger partial charge in [-0.25, -0.2) is 4.79 Å². The second-order valence-corrected chi connectivity index (χ2v) is 4.38. The maximum Gasteiger partial charge on any atom is 0.328 e. The lowest BCUT2D eigenvalue weighted by Gasteiger charge is -2.09. The van der Waals surface area contributed by atoms with Crippen LogP contribution in [0.3, 0.4) is 0 Å². The van der Waals surface area contributed by atoms with Gasteiger partial charge >= 0.3 is 5.97 Å². The number of aliphatic carboxylic acids is 1. The molecule has 3 nitrogen and oxygen atoms in total. The van der Waals surface area contributed by atoms with Crippen molar-refractivity contribution < 1.29 is 14.6 Å². The average molecular weight is 238 g/mol. The van der Waals surface area contributed by atoms with Crippen molar-refractivity contribution in [1.29, 1.82) is 0 Å². The van der Waals surface area contributed by atoms with E-state index >= 15 is 0 Å². The maximum atomic E-state index is 10.2. The zero-order valence-corrected chi connectivity index (χ0v) is 10.0. The highest BCUT2D eigenvalue weighted by Gasteiger charge is 1.97. The second-order valence-electron chi connectivity index (χ2n) is 3.40. The van der Waals surface area contributed by atoms with Crippen molar-refractivity contribution in [3.8, 4) is 5.75 Å². The van der Waals surface area contributed by atoms with Gasteiger partial charge in [-0.15, -0.1) is 0 Å². The molecule has 0 atom stereocenters. The number of ether oxygens (including phenoxy) is 1. The molecule has 16 heavy (non-hydrogen) atoms. The molecule has 0 aromatic heterocycles. The molecule has 0 aliphatic rings. The summed E-state index contributed by atoms with van der Waals surface area (Å²) in [7, 11) is 0. The second kappa shape index (κ2) is 6.23. The molecular formula is C12H14O3S.